The molecule has 0 atom stereocenters. The lowest BCUT2D eigenvalue weighted by molar-refractivity contribution is 0.601. The summed E-state index contributed by atoms with van der Waals surface area (Å²) in [6.45, 7) is 3.77. The average molecular weight is 302 g/mol. The summed E-state index contributed by atoms with van der Waals surface area (Å²) in [6.07, 6.45) is 1.14. The zero-order valence-corrected chi connectivity index (χ0v) is 12.4. The number of sulfonamides is 1. The highest BCUT2D eigenvalue weighted by Gasteiger charge is 2.16. The summed E-state index contributed by atoms with van der Waals surface area (Å²) in [7, 11) is -3.79. The maximum Gasteiger partial charge on any atom is 0.263 e. The maximum absolute atomic E-state index is 12.3. The normalized spacial score (nSPS) is 10.9. The number of aromatic nitrogens is 1. The number of aryl methyl sites for hydroxylation is 2. The van der Waals surface area contributed by atoms with E-state index in [-0.39, 0.29) is 10.6 Å². The van der Waals surface area contributed by atoms with Gasteiger partial charge in [0.1, 0.15) is 16.7 Å². The van der Waals surface area contributed by atoms with Crippen molar-refractivity contribution >= 4 is 21.4 Å². The van der Waals surface area contributed by atoms with Gasteiger partial charge in [0.25, 0.3) is 10.0 Å². The molecule has 0 fully saturated rings. The molecule has 0 aliphatic rings. The van der Waals surface area contributed by atoms with Crippen molar-refractivity contribution in [2.75, 3.05) is 10.5 Å². The Bertz CT molecular complexity index is 821. The molecule has 108 valence electrons. The lowest BCUT2D eigenvalue weighted by Crippen LogP contribution is -2.14. The standard InChI is InChI=1S/C14H14N4O2S/c1-9-5-13(16)14(6-10(9)2)18-21(19,20)12-4-3-11(7-15)17-8-12/h3-6,8,18H,16H2,1-2H3. The molecule has 1 aromatic heterocycles. The Kier molecular flexibility index (Phi) is 3.82. The van der Waals surface area contributed by atoms with Gasteiger partial charge in [-0.25, -0.2) is 13.4 Å². The molecule has 2 rings (SSSR count). The van der Waals surface area contributed by atoms with Crippen molar-refractivity contribution in [1.82, 2.24) is 4.98 Å². The Hall–Kier alpha value is -2.59. The van der Waals surface area contributed by atoms with Gasteiger partial charge in [0.2, 0.25) is 0 Å². The van der Waals surface area contributed by atoms with Gasteiger partial charge in [0.15, 0.2) is 0 Å². The van der Waals surface area contributed by atoms with Crippen LogP contribution in [-0.2, 0) is 10.0 Å². The predicted molar refractivity (Wildman–Crippen MR) is 80.1 cm³/mol. The molecule has 1 aromatic carbocycles. The van der Waals surface area contributed by atoms with Crippen molar-refractivity contribution in [3.05, 3.63) is 47.3 Å². The van der Waals surface area contributed by atoms with Crippen molar-refractivity contribution in [3.8, 4) is 6.07 Å². The van der Waals surface area contributed by atoms with Crippen LogP contribution in [0.2, 0.25) is 0 Å². The Morgan fingerprint density at radius 1 is 1.24 bits per heavy atom. The Morgan fingerprint density at radius 3 is 2.48 bits per heavy atom. The quantitative estimate of drug-likeness (QED) is 0.842. The number of nitrogens with one attached hydrogen (secondary N) is 1. The van der Waals surface area contributed by atoms with Crippen LogP contribution in [0.3, 0.4) is 0 Å². The van der Waals surface area contributed by atoms with Crippen molar-refractivity contribution in [2.24, 2.45) is 0 Å². The van der Waals surface area contributed by atoms with Crippen molar-refractivity contribution < 1.29 is 8.42 Å². The van der Waals surface area contributed by atoms with Crippen LogP contribution < -0.4 is 10.5 Å². The zero-order valence-electron chi connectivity index (χ0n) is 11.6. The molecule has 21 heavy (non-hydrogen) atoms. The van der Waals surface area contributed by atoms with Crippen LogP contribution >= 0.6 is 0 Å². The molecule has 0 spiro atoms. The fourth-order valence-electron chi connectivity index (χ4n) is 1.74. The molecule has 7 heteroatoms. The predicted octanol–water partition coefficient (Wildman–Crippen LogP) is 1.95. The summed E-state index contributed by atoms with van der Waals surface area (Å²) >= 11 is 0. The Morgan fingerprint density at radius 2 is 1.90 bits per heavy atom. The number of pyridine rings is 1. The highest BCUT2D eigenvalue weighted by molar-refractivity contribution is 7.92. The van der Waals surface area contributed by atoms with Crippen LogP contribution in [-0.4, -0.2) is 13.4 Å². The molecular formula is C14H14N4O2S. The number of nitriles is 1. The number of benzene rings is 1. The summed E-state index contributed by atoms with van der Waals surface area (Å²) in [4.78, 5) is 3.72. The molecule has 0 bridgehead atoms. The zero-order chi connectivity index (χ0) is 15.6. The number of rotatable bonds is 3. The van der Waals surface area contributed by atoms with Crippen LogP contribution in [0, 0.1) is 25.2 Å². The maximum atomic E-state index is 12.3. The second kappa shape index (κ2) is 5.42. The van der Waals surface area contributed by atoms with E-state index in [1.165, 1.54) is 12.1 Å². The lowest BCUT2D eigenvalue weighted by atomic mass is 10.1. The number of hydrogen-bond donors (Lipinski definition) is 2. The fourth-order valence-corrected chi connectivity index (χ4v) is 2.76. The molecule has 0 radical (unpaired) electrons. The summed E-state index contributed by atoms with van der Waals surface area (Å²) in [6, 6.07) is 7.89. The molecule has 6 nitrogen and oxygen atoms in total. The van der Waals surface area contributed by atoms with Crippen molar-refractivity contribution in [1.29, 1.82) is 5.26 Å². The third-order valence-corrected chi connectivity index (χ3v) is 4.42. The van der Waals surface area contributed by atoms with Crippen LogP contribution in [0.15, 0.2) is 35.4 Å². The van der Waals surface area contributed by atoms with E-state index in [0.29, 0.717) is 11.4 Å². The van der Waals surface area contributed by atoms with Crippen LogP contribution in [0.25, 0.3) is 0 Å². The Balaban J connectivity index is 2.37. The highest BCUT2D eigenvalue weighted by Crippen LogP contribution is 2.25. The molecule has 0 saturated heterocycles. The van der Waals surface area contributed by atoms with Crippen LogP contribution in [0.1, 0.15) is 16.8 Å². The summed E-state index contributed by atoms with van der Waals surface area (Å²) in [5, 5.41) is 8.67. The molecule has 0 aliphatic carbocycles. The lowest BCUT2D eigenvalue weighted by Gasteiger charge is -2.12. The monoisotopic (exact) mass is 302 g/mol. The molecule has 2 aromatic rings. The first kappa shape index (κ1) is 14.8. The SMILES string of the molecule is Cc1cc(N)c(NS(=O)(=O)c2ccc(C#N)nc2)cc1C. The fraction of sp³-hybridized carbons (Fsp3) is 0.143. The minimum Gasteiger partial charge on any atom is -0.397 e. The number of nitrogens with zero attached hydrogens (tertiary/aromatic N) is 2. The summed E-state index contributed by atoms with van der Waals surface area (Å²) in [5.41, 5.74) is 8.57. The summed E-state index contributed by atoms with van der Waals surface area (Å²) < 4.78 is 27.0. The van der Waals surface area contributed by atoms with E-state index >= 15 is 0 Å². The van der Waals surface area contributed by atoms with Gasteiger partial charge in [-0.15, -0.1) is 0 Å². The molecule has 3 N–H and O–H groups in total. The second-order valence-corrected chi connectivity index (χ2v) is 6.30. The number of nitrogens with two attached hydrogens (primary N) is 1. The molecule has 0 saturated carbocycles. The minimum absolute atomic E-state index is 0.0286. The third kappa shape index (κ3) is 3.12. The van der Waals surface area contributed by atoms with Gasteiger partial charge in [-0.2, -0.15) is 5.26 Å². The smallest absolute Gasteiger partial charge is 0.263 e. The van der Waals surface area contributed by atoms with E-state index in [0.717, 1.165) is 17.3 Å². The molecular weight excluding hydrogens is 288 g/mol. The average Bonchev–Trinajstić information content (AvgIpc) is 2.44. The van der Waals surface area contributed by atoms with Gasteiger partial charge in [0.05, 0.1) is 11.4 Å². The van der Waals surface area contributed by atoms with E-state index in [1.54, 1.807) is 12.1 Å². The number of nitrogen functional groups attached to an aromatic ring is 1. The largest absolute Gasteiger partial charge is 0.397 e. The molecule has 0 unspecified atom stereocenters. The third-order valence-electron chi connectivity index (χ3n) is 3.07. The van der Waals surface area contributed by atoms with E-state index in [1.807, 2.05) is 19.9 Å². The van der Waals surface area contributed by atoms with E-state index < -0.39 is 10.0 Å². The first-order valence-corrected chi connectivity index (χ1v) is 7.57. The van der Waals surface area contributed by atoms with Crippen LogP contribution in [0.5, 0.6) is 0 Å². The first-order chi connectivity index (χ1) is 9.83. The first-order valence-electron chi connectivity index (χ1n) is 6.09. The van der Waals surface area contributed by atoms with Gasteiger partial charge >= 0.3 is 0 Å². The second-order valence-electron chi connectivity index (χ2n) is 4.62. The molecule has 0 aliphatic heterocycles. The van der Waals surface area contributed by atoms with E-state index in [4.69, 9.17) is 11.0 Å². The Labute approximate surface area is 123 Å². The minimum atomic E-state index is -3.79. The van der Waals surface area contributed by atoms with E-state index in [9.17, 15) is 8.42 Å². The molecule has 0 amide bonds. The summed E-state index contributed by atoms with van der Waals surface area (Å²) in [5.74, 6) is 0. The topological polar surface area (TPSA) is 109 Å². The van der Waals surface area contributed by atoms with Crippen LogP contribution in [0.4, 0.5) is 11.4 Å². The van der Waals surface area contributed by atoms with E-state index in [2.05, 4.69) is 9.71 Å². The van der Waals surface area contributed by atoms with Crippen molar-refractivity contribution in [3.63, 3.8) is 0 Å². The number of hydrogen-bond acceptors (Lipinski definition) is 5. The number of anilines is 2. The van der Waals surface area contributed by atoms with Gasteiger partial charge in [-0.05, 0) is 49.2 Å². The van der Waals surface area contributed by atoms with Gasteiger partial charge in [-0.3, -0.25) is 4.72 Å². The van der Waals surface area contributed by atoms with Crippen molar-refractivity contribution in [2.45, 2.75) is 18.7 Å². The molecule has 1 heterocycles. The van der Waals surface area contributed by atoms with Gasteiger partial charge < -0.3 is 5.73 Å². The van der Waals surface area contributed by atoms with Gasteiger partial charge in [0, 0.05) is 6.20 Å². The highest BCUT2D eigenvalue weighted by atomic mass is 32.2. The van der Waals surface area contributed by atoms with Gasteiger partial charge in [-0.1, -0.05) is 0 Å².